The maximum absolute atomic E-state index is 10.0. The van der Waals surface area contributed by atoms with Crippen LogP contribution in [0.4, 0.5) is 4.79 Å². The molecule has 3 nitrogen and oxygen atoms in total. The van der Waals surface area contributed by atoms with Crippen molar-refractivity contribution in [2.24, 2.45) is 4.99 Å². The van der Waals surface area contributed by atoms with Crippen molar-refractivity contribution < 1.29 is 4.79 Å². The summed E-state index contributed by atoms with van der Waals surface area (Å²) < 4.78 is 0. The van der Waals surface area contributed by atoms with Crippen LogP contribution in [0, 0.1) is 0 Å². The molecule has 0 spiro atoms. The first-order valence-corrected chi connectivity index (χ1v) is 2.90. The molecule has 0 radical (unpaired) electrons. The zero-order valence-corrected chi connectivity index (χ0v) is 6.57. The number of rotatable bonds is 0. The minimum absolute atomic E-state index is 0.0787. The van der Waals surface area contributed by atoms with Crippen LogP contribution in [0.1, 0.15) is 0 Å². The lowest BCUT2D eigenvalue weighted by Gasteiger charge is -2.05. The van der Waals surface area contributed by atoms with E-state index in [9.17, 15) is 4.79 Å². The third-order valence-electron chi connectivity index (χ3n) is 0.549. The Bertz CT molecular complexity index is 144. The molecular formula is C4H6Cl2N2O. The molecular weight excluding hydrogens is 163 g/mol. The monoisotopic (exact) mass is 168 g/mol. The average Bonchev–Trinajstić information content (AvgIpc) is 1.63. The van der Waals surface area contributed by atoms with Crippen LogP contribution in [0.15, 0.2) is 4.99 Å². The molecule has 0 bridgehead atoms. The molecule has 0 saturated heterocycles. The standard InChI is InChI=1S/C4H6Cl2N2O/c1-8(2)3(5)7-4(6)9/h1-2H3. The van der Waals surface area contributed by atoms with Gasteiger partial charge in [-0.2, -0.15) is 4.99 Å². The summed E-state index contributed by atoms with van der Waals surface area (Å²) in [4.78, 5) is 14.7. The molecule has 0 unspecified atom stereocenters. The Labute approximate surface area is 63.3 Å². The summed E-state index contributed by atoms with van der Waals surface area (Å²) in [6.07, 6.45) is 0. The Hall–Kier alpha value is -0.280. The van der Waals surface area contributed by atoms with Gasteiger partial charge in [-0.05, 0) is 23.2 Å². The highest BCUT2D eigenvalue weighted by molar-refractivity contribution is 6.70. The number of carbonyl (C=O) groups excluding carboxylic acids is 1. The second-order valence-electron chi connectivity index (χ2n) is 1.53. The SMILES string of the molecule is CN(C)C(Cl)=NC(=O)Cl. The van der Waals surface area contributed by atoms with Gasteiger partial charge in [-0.15, -0.1) is 0 Å². The van der Waals surface area contributed by atoms with E-state index in [4.69, 9.17) is 23.2 Å². The third kappa shape index (κ3) is 4.24. The molecule has 0 aromatic heterocycles. The number of hydrogen-bond donors (Lipinski definition) is 0. The summed E-state index contributed by atoms with van der Waals surface area (Å²) >= 11 is 10.3. The molecule has 0 heterocycles. The number of halogens is 2. The van der Waals surface area contributed by atoms with Crippen LogP contribution >= 0.6 is 23.2 Å². The van der Waals surface area contributed by atoms with Gasteiger partial charge in [-0.1, -0.05) is 0 Å². The molecule has 0 saturated carbocycles. The van der Waals surface area contributed by atoms with Crippen molar-refractivity contribution in [2.45, 2.75) is 0 Å². The fourth-order valence-corrected chi connectivity index (χ4v) is 0.373. The molecule has 0 N–H and O–H groups in total. The highest BCUT2D eigenvalue weighted by Crippen LogP contribution is 1.93. The van der Waals surface area contributed by atoms with Gasteiger partial charge in [0.05, 0.1) is 0 Å². The van der Waals surface area contributed by atoms with Crippen molar-refractivity contribution in [1.82, 2.24) is 4.90 Å². The van der Waals surface area contributed by atoms with Gasteiger partial charge in [-0.25, -0.2) is 0 Å². The Kier molecular flexibility index (Phi) is 3.58. The number of amides is 1. The van der Waals surface area contributed by atoms with Crippen LogP contribution in [0.25, 0.3) is 0 Å². The van der Waals surface area contributed by atoms with Crippen molar-refractivity contribution in [1.29, 1.82) is 0 Å². The first kappa shape index (κ1) is 8.72. The van der Waals surface area contributed by atoms with E-state index in [2.05, 4.69) is 4.99 Å². The van der Waals surface area contributed by atoms with Gasteiger partial charge in [-0.3, -0.25) is 4.79 Å². The zero-order chi connectivity index (χ0) is 7.44. The van der Waals surface area contributed by atoms with E-state index >= 15 is 0 Å². The third-order valence-corrected chi connectivity index (χ3v) is 1.06. The first-order valence-electron chi connectivity index (χ1n) is 2.15. The molecule has 1 amide bonds. The van der Waals surface area contributed by atoms with Crippen LogP contribution in [-0.2, 0) is 0 Å². The van der Waals surface area contributed by atoms with Gasteiger partial charge in [0, 0.05) is 14.1 Å². The highest BCUT2D eigenvalue weighted by atomic mass is 35.5. The second-order valence-corrected chi connectivity index (χ2v) is 2.19. The van der Waals surface area contributed by atoms with Gasteiger partial charge in [0.2, 0.25) is 5.29 Å². The summed E-state index contributed by atoms with van der Waals surface area (Å²) in [5, 5.41) is -0.733. The highest BCUT2D eigenvalue weighted by Gasteiger charge is 1.97. The lowest BCUT2D eigenvalue weighted by Crippen LogP contribution is -2.16. The summed E-state index contributed by atoms with van der Waals surface area (Å²) in [5.41, 5.74) is 0. The van der Waals surface area contributed by atoms with E-state index in [-0.39, 0.29) is 5.29 Å². The van der Waals surface area contributed by atoms with Gasteiger partial charge in [0.15, 0.2) is 0 Å². The van der Waals surface area contributed by atoms with E-state index in [0.717, 1.165) is 0 Å². The van der Waals surface area contributed by atoms with E-state index in [1.165, 1.54) is 4.90 Å². The Morgan fingerprint density at radius 2 is 1.89 bits per heavy atom. The van der Waals surface area contributed by atoms with Crippen molar-refractivity contribution in [3.05, 3.63) is 0 Å². The predicted molar refractivity (Wildman–Crippen MR) is 38.2 cm³/mol. The minimum atomic E-state index is -0.811. The van der Waals surface area contributed by atoms with Crippen molar-refractivity contribution >= 4 is 33.9 Å². The topological polar surface area (TPSA) is 32.7 Å². The van der Waals surface area contributed by atoms with Crippen molar-refractivity contribution in [2.75, 3.05) is 14.1 Å². The van der Waals surface area contributed by atoms with E-state index in [0.29, 0.717) is 0 Å². The van der Waals surface area contributed by atoms with Gasteiger partial charge in [0.25, 0.3) is 0 Å². The van der Waals surface area contributed by atoms with E-state index in [1.807, 2.05) is 0 Å². The fraction of sp³-hybridized carbons (Fsp3) is 0.500. The molecule has 0 aromatic carbocycles. The first-order chi connectivity index (χ1) is 4.04. The number of aliphatic imine (C=N–C) groups is 1. The smallest absolute Gasteiger partial charge is 0.342 e. The normalized spacial score (nSPS) is 11.3. The minimum Gasteiger partial charge on any atom is -0.353 e. The van der Waals surface area contributed by atoms with Crippen LogP contribution in [0.5, 0.6) is 0 Å². The molecule has 52 valence electrons. The van der Waals surface area contributed by atoms with Crippen molar-refractivity contribution in [3.8, 4) is 0 Å². The van der Waals surface area contributed by atoms with Crippen LogP contribution < -0.4 is 0 Å². The summed E-state index contributed by atoms with van der Waals surface area (Å²) in [6, 6.07) is 0. The molecule has 0 atom stereocenters. The largest absolute Gasteiger partial charge is 0.353 e. The average molecular weight is 169 g/mol. The van der Waals surface area contributed by atoms with Crippen molar-refractivity contribution in [3.63, 3.8) is 0 Å². The molecule has 0 aromatic rings. The Balaban J connectivity index is 4.00. The molecule has 9 heavy (non-hydrogen) atoms. The van der Waals surface area contributed by atoms with Crippen LogP contribution in [0.2, 0.25) is 0 Å². The fourth-order valence-electron chi connectivity index (χ4n) is 0.173. The molecule has 5 heteroatoms. The molecule has 0 fully saturated rings. The quantitative estimate of drug-likeness (QED) is 0.238. The predicted octanol–water partition coefficient (Wildman–Crippen LogP) is 1.50. The lowest BCUT2D eigenvalue weighted by molar-refractivity contribution is 0.266. The zero-order valence-electron chi connectivity index (χ0n) is 5.06. The maximum atomic E-state index is 10.0. The van der Waals surface area contributed by atoms with Gasteiger partial charge >= 0.3 is 5.37 Å². The molecule has 0 aliphatic rings. The van der Waals surface area contributed by atoms with Crippen LogP contribution in [-0.4, -0.2) is 29.7 Å². The molecule has 0 rings (SSSR count). The Morgan fingerprint density at radius 3 is 2.00 bits per heavy atom. The number of carbonyl (C=O) groups is 1. The number of nitrogens with zero attached hydrogens (tertiary/aromatic N) is 2. The van der Waals surface area contributed by atoms with Gasteiger partial charge in [0.1, 0.15) is 0 Å². The Morgan fingerprint density at radius 1 is 1.44 bits per heavy atom. The van der Waals surface area contributed by atoms with Gasteiger partial charge < -0.3 is 4.90 Å². The second kappa shape index (κ2) is 3.69. The summed E-state index contributed by atoms with van der Waals surface area (Å²) in [5.74, 6) is 0. The number of amidine groups is 1. The maximum Gasteiger partial charge on any atom is 0.342 e. The van der Waals surface area contributed by atoms with E-state index in [1.54, 1.807) is 14.1 Å². The van der Waals surface area contributed by atoms with Crippen LogP contribution in [0.3, 0.4) is 0 Å². The lowest BCUT2D eigenvalue weighted by atomic mass is 10.9. The van der Waals surface area contributed by atoms with E-state index < -0.39 is 5.37 Å². The summed E-state index contributed by atoms with van der Waals surface area (Å²) in [7, 11) is 3.32. The number of hydrogen-bond acceptors (Lipinski definition) is 1. The molecule has 0 aliphatic carbocycles. The summed E-state index contributed by atoms with van der Waals surface area (Å²) in [6.45, 7) is 0. The molecule has 0 aliphatic heterocycles.